The quantitative estimate of drug-likeness (QED) is 0.767. The summed E-state index contributed by atoms with van der Waals surface area (Å²) in [6.45, 7) is 3.87. The highest BCUT2D eigenvalue weighted by molar-refractivity contribution is 6.30. The molecule has 0 spiro atoms. The van der Waals surface area contributed by atoms with Crippen LogP contribution in [0.1, 0.15) is 38.2 Å². The molecule has 1 amide bonds. The van der Waals surface area contributed by atoms with Gasteiger partial charge in [-0.2, -0.15) is 5.10 Å². The lowest BCUT2D eigenvalue weighted by molar-refractivity contribution is -0.134. The smallest absolute Gasteiger partial charge is 0.251 e. The van der Waals surface area contributed by atoms with E-state index < -0.39 is 0 Å². The molecule has 1 aliphatic heterocycles. The van der Waals surface area contributed by atoms with Crippen molar-refractivity contribution in [2.75, 3.05) is 0 Å². The Kier molecular flexibility index (Phi) is 4.81. The normalized spacial score (nSPS) is 19.4. The summed E-state index contributed by atoms with van der Waals surface area (Å²) < 4.78 is 0. The second kappa shape index (κ2) is 6.58. The molecule has 2 rings (SSSR count). The van der Waals surface area contributed by atoms with Crippen LogP contribution in [0, 0.1) is 11.8 Å². The van der Waals surface area contributed by atoms with Crippen LogP contribution in [0.3, 0.4) is 0 Å². The summed E-state index contributed by atoms with van der Waals surface area (Å²) in [7, 11) is 0. The number of carbonyl (C=O) groups excluding carboxylic acids is 1. The van der Waals surface area contributed by atoms with Crippen molar-refractivity contribution >= 4 is 23.7 Å². The molecule has 1 heterocycles. The maximum absolute atomic E-state index is 12.5. The summed E-state index contributed by atoms with van der Waals surface area (Å²) in [5.41, 5.74) is 0.964. The molecule has 2 unspecified atom stereocenters. The first-order chi connectivity index (χ1) is 9.63. The van der Waals surface area contributed by atoms with Crippen LogP contribution in [0.5, 0.6) is 0 Å². The molecule has 1 aliphatic rings. The van der Waals surface area contributed by atoms with E-state index in [1.807, 2.05) is 26.0 Å². The minimum atomic E-state index is -0.200. The number of nitrogens with zero attached hydrogens (tertiary/aromatic N) is 2. The SMILES string of the molecule is CCC#CC(C)N1N=CCC(c2ccc(Cl)cc2)C1=O. The van der Waals surface area contributed by atoms with Crippen LogP contribution in [0.15, 0.2) is 29.4 Å². The van der Waals surface area contributed by atoms with E-state index in [9.17, 15) is 4.79 Å². The number of hydrazone groups is 1. The standard InChI is InChI=1S/C16H17ClN2O/c1-3-4-5-12(2)19-16(20)15(10-11-18-19)13-6-8-14(17)9-7-13/h6-9,11-12,15H,3,10H2,1-2H3. The van der Waals surface area contributed by atoms with Gasteiger partial charge in [0.05, 0.1) is 5.92 Å². The molecule has 0 N–H and O–H groups in total. The highest BCUT2D eigenvalue weighted by Gasteiger charge is 2.30. The molecular weight excluding hydrogens is 272 g/mol. The third-order valence-corrected chi connectivity index (χ3v) is 3.45. The van der Waals surface area contributed by atoms with Gasteiger partial charge in [0.2, 0.25) is 0 Å². The third-order valence-electron chi connectivity index (χ3n) is 3.20. The van der Waals surface area contributed by atoms with E-state index >= 15 is 0 Å². The van der Waals surface area contributed by atoms with Crippen molar-refractivity contribution in [1.29, 1.82) is 0 Å². The molecule has 1 aromatic rings. The van der Waals surface area contributed by atoms with Crippen molar-refractivity contribution in [1.82, 2.24) is 5.01 Å². The van der Waals surface area contributed by atoms with E-state index in [-0.39, 0.29) is 17.9 Å². The molecule has 3 nitrogen and oxygen atoms in total. The Balaban J connectivity index is 2.20. The Morgan fingerprint density at radius 2 is 2.15 bits per heavy atom. The fraction of sp³-hybridized carbons (Fsp3) is 0.375. The van der Waals surface area contributed by atoms with Crippen molar-refractivity contribution in [2.45, 2.75) is 38.6 Å². The lowest BCUT2D eigenvalue weighted by Gasteiger charge is -2.28. The van der Waals surface area contributed by atoms with Crippen LogP contribution in [0.2, 0.25) is 5.02 Å². The van der Waals surface area contributed by atoms with Gasteiger partial charge in [-0.3, -0.25) is 4.79 Å². The lowest BCUT2D eigenvalue weighted by Crippen LogP contribution is -2.39. The summed E-state index contributed by atoms with van der Waals surface area (Å²) in [5.74, 6) is 5.82. The maximum atomic E-state index is 12.5. The Hall–Kier alpha value is -1.79. The molecule has 0 saturated heterocycles. The van der Waals surface area contributed by atoms with Gasteiger partial charge < -0.3 is 0 Å². The van der Waals surface area contributed by atoms with E-state index in [4.69, 9.17) is 11.6 Å². The Morgan fingerprint density at radius 1 is 1.45 bits per heavy atom. The average Bonchev–Trinajstić information content (AvgIpc) is 2.46. The van der Waals surface area contributed by atoms with Gasteiger partial charge in [0, 0.05) is 24.1 Å². The highest BCUT2D eigenvalue weighted by Crippen LogP contribution is 2.26. The summed E-state index contributed by atoms with van der Waals surface area (Å²) >= 11 is 5.88. The molecule has 0 radical (unpaired) electrons. The molecule has 1 aromatic carbocycles. The van der Waals surface area contributed by atoms with Crippen LogP contribution >= 0.6 is 11.6 Å². The fourth-order valence-corrected chi connectivity index (χ4v) is 2.26. The van der Waals surface area contributed by atoms with Crippen LogP contribution in [0.4, 0.5) is 0 Å². The van der Waals surface area contributed by atoms with Gasteiger partial charge in [0.25, 0.3) is 5.91 Å². The Bertz CT molecular complexity index is 568. The molecule has 104 valence electrons. The van der Waals surface area contributed by atoms with Gasteiger partial charge in [-0.05, 0) is 24.6 Å². The van der Waals surface area contributed by atoms with Gasteiger partial charge in [-0.1, -0.05) is 36.6 Å². The van der Waals surface area contributed by atoms with Crippen molar-refractivity contribution in [2.24, 2.45) is 5.10 Å². The topological polar surface area (TPSA) is 32.7 Å². The maximum Gasteiger partial charge on any atom is 0.251 e. The van der Waals surface area contributed by atoms with Crippen LogP contribution in [-0.4, -0.2) is 23.2 Å². The monoisotopic (exact) mass is 288 g/mol. The second-order valence-corrected chi connectivity index (χ2v) is 5.11. The molecular formula is C16H17ClN2O. The third kappa shape index (κ3) is 3.20. The number of benzene rings is 1. The minimum Gasteiger partial charge on any atom is -0.272 e. The van der Waals surface area contributed by atoms with E-state index in [0.29, 0.717) is 11.4 Å². The molecule has 0 aliphatic carbocycles. The number of hydrogen-bond donors (Lipinski definition) is 0. The minimum absolute atomic E-state index is 0.00674. The number of rotatable bonds is 2. The summed E-state index contributed by atoms with van der Waals surface area (Å²) in [6.07, 6.45) is 3.17. The summed E-state index contributed by atoms with van der Waals surface area (Å²) in [6, 6.07) is 7.20. The van der Waals surface area contributed by atoms with Crippen molar-refractivity contribution in [3.05, 3.63) is 34.9 Å². The summed E-state index contributed by atoms with van der Waals surface area (Å²) in [4.78, 5) is 12.5. The fourth-order valence-electron chi connectivity index (χ4n) is 2.13. The van der Waals surface area contributed by atoms with E-state index in [1.54, 1.807) is 18.3 Å². The number of hydrogen-bond acceptors (Lipinski definition) is 2. The largest absolute Gasteiger partial charge is 0.272 e. The van der Waals surface area contributed by atoms with Gasteiger partial charge in [0.15, 0.2) is 0 Å². The molecule has 0 fully saturated rings. The van der Waals surface area contributed by atoms with Crippen molar-refractivity contribution < 1.29 is 4.79 Å². The predicted octanol–water partition coefficient (Wildman–Crippen LogP) is 3.44. The Labute approximate surface area is 124 Å². The first-order valence-electron chi connectivity index (χ1n) is 6.73. The zero-order valence-electron chi connectivity index (χ0n) is 11.6. The van der Waals surface area contributed by atoms with Gasteiger partial charge in [0.1, 0.15) is 6.04 Å². The molecule has 20 heavy (non-hydrogen) atoms. The predicted molar refractivity (Wildman–Crippen MR) is 81.7 cm³/mol. The van der Waals surface area contributed by atoms with Crippen molar-refractivity contribution in [3.63, 3.8) is 0 Å². The molecule has 0 saturated carbocycles. The van der Waals surface area contributed by atoms with Gasteiger partial charge in [-0.15, -0.1) is 5.92 Å². The first kappa shape index (κ1) is 14.6. The van der Waals surface area contributed by atoms with Crippen LogP contribution < -0.4 is 0 Å². The average molecular weight is 289 g/mol. The Morgan fingerprint density at radius 3 is 2.80 bits per heavy atom. The van der Waals surface area contributed by atoms with Crippen LogP contribution in [0.25, 0.3) is 0 Å². The van der Waals surface area contributed by atoms with Crippen molar-refractivity contribution in [3.8, 4) is 11.8 Å². The zero-order valence-corrected chi connectivity index (χ0v) is 12.4. The van der Waals surface area contributed by atoms with E-state index in [0.717, 1.165) is 12.0 Å². The number of halogens is 1. The van der Waals surface area contributed by atoms with Crippen LogP contribution in [-0.2, 0) is 4.79 Å². The lowest BCUT2D eigenvalue weighted by atomic mass is 9.94. The second-order valence-electron chi connectivity index (χ2n) is 4.67. The molecule has 2 atom stereocenters. The van der Waals surface area contributed by atoms with Gasteiger partial charge >= 0.3 is 0 Å². The molecule has 4 heteroatoms. The zero-order chi connectivity index (χ0) is 14.5. The number of amides is 1. The van der Waals surface area contributed by atoms with E-state index in [2.05, 4.69) is 16.9 Å². The number of carbonyl (C=O) groups is 1. The van der Waals surface area contributed by atoms with E-state index in [1.165, 1.54) is 5.01 Å². The molecule has 0 aromatic heterocycles. The molecule has 0 bridgehead atoms. The van der Waals surface area contributed by atoms with Gasteiger partial charge in [-0.25, -0.2) is 5.01 Å². The highest BCUT2D eigenvalue weighted by atomic mass is 35.5. The first-order valence-corrected chi connectivity index (χ1v) is 7.10. The summed E-state index contributed by atoms with van der Waals surface area (Å²) in [5, 5.41) is 6.34.